The Morgan fingerprint density at radius 2 is 1.65 bits per heavy atom. The van der Waals surface area contributed by atoms with Crippen molar-refractivity contribution in [1.82, 2.24) is 5.32 Å². The molecule has 0 aliphatic carbocycles. The van der Waals surface area contributed by atoms with Crippen LogP contribution in [0.4, 0.5) is 5.69 Å². The molecule has 0 heterocycles. The molecule has 0 atom stereocenters. The standard InChI is InChI=1S/C15H18N2O2S/c1-16-11-14-8-5-9-15(10-14)17-20(18,19)12-13-6-3-2-4-7-13/h2-10,16-17H,11-12H2,1H3. The second-order valence-corrected chi connectivity index (χ2v) is 6.30. The molecule has 0 aromatic heterocycles. The van der Waals surface area contributed by atoms with E-state index in [0.29, 0.717) is 12.2 Å². The molecular formula is C15H18N2O2S. The highest BCUT2D eigenvalue weighted by molar-refractivity contribution is 7.91. The number of hydrogen-bond acceptors (Lipinski definition) is 3. The first-order valence-corrected chi connectivity index (χ1v) is 8.02. The summed E-state index contributed by atoms with van der Waals surface area (Å²) < 4.78 is 26.8. The number of anilines is 1. The van der Waals surface area contributed by atoms with E-state index in [-0.39, 0.29) is 5.75 Å². The lowest BCUT2D eigenvalue weighted by molar-refractivity contribution is 0.600. The lowest BCUT2D eigenvalue weighted by Gasteiger charge is -2.09. The Hall–Kier alpha value is -1.85. The van der Waals surface area contributed by atoms with Gasteiger partial charge in [-0.1, -0.05) is 42.5 Å². The zero-order chi connectivity index (χ0) is 14.4. The van der Waals surface area contributed by atoms with E-state index in [1.807, 2.05) is 43.4 Å². The van der Waals surface area contributed by atoms with Gasteiger partial charge in [-0.15, -0.1) is 0 Å². The molecule has 0 saturated carbocycles. The maximum absolute atomic E-state index is 12.1. The fourth-order valence-electron chi connectivity index (χ4n) is 1.96. The number of sulfonamides is 1. The van der Waals surface area contributed by atoms with E-state index in [2.05, 4.69) is 10.0 Å². The summed E-state index contributed by atoms with van der Waals surface area (Å²) in [5.41, 5.74) is 2.40. The van der Waals surface area contributed by atoms with Crippen molar-refractivity contribution in [2.45, 2.75) is 12.3 Å². The summed E-state index contributed by atoms with van der Waals surface area (Å²) in [6.07, 6.45) is 0. The second kappa shape index (κ2) is 6.54. The van der Waals surface area contributed by atoms with E-state index in [1.54, 1.807) is 18.2 Å². The zero-order valence-electron chi connectivity index (χ0n) is 11.3. The number of hydrogen-bond donors (Lipinski definition) is 2. The number of rotatable bonds is 6. The molecule has 0 saturated heterocycles. The van der Waals surface area contributed by atoms with Crippen molar-refractivity contribution in [1.29, 1.82) is 0 Å². The van der Waals surface area contributed by atoms with Crippen molar-refractivity contribution in [3.8, 4) is 0 Å². The molecule has 0 fully saturated rings. The van der Waals surface area contributed by atoms with Crippen LogP contribution in [-0.2, 0) is 22.3 Å². The first kappa shape index (κ1) is 14.6. The van der Waals surface area contributed by atoms with Gasteiger partial charge < -0.3 is 5.32 Å². The molecule has 2 aromatic rings. The Kier molecular flexibility index (Phi) is 4.76. The summed E-state index contributed by atoms with van der Waals surface area (Å²) in [7, 11) is -1.54. The fourth-order valence-corrected chi connectivity index (χ4v) is 3.15. The maximum atomic E-state index is 12.1. The van der Waals surface area contributed by atoms with Crippen LogP contribution < -0.4 is 10.0 Å². The Labute approximate surface area is 119 Å². The average Bonchev–Trinajstić information content (AvgIpc) is 2.39. The van der Waals surface area contributed by atoms with Gasteiger partial charge in [-0.25, -0.2) is 8.42 Å². The van der Waals surface area contributed by atoms with Gasteiger partial charge in [0.2, 0.25) is 10.0 Å². The summed E-state index contributed by atoms with van der Waals surface area (Å²) in [5, 5.41) is 3.04. The van der Waals surface area contributed by atoms with E-state index in [4.69, 9.17) is 0 Å². The third-order valence-electron chi connectivity index (χ3n) is 2.78. The molecule has 20 heavy (non-hydrogen) atoms. The highest BCUT2D eigenvalue weighted by Crippen LogP contribution is 2.14. The molecule has 0 bridgehead atoms. The molecule has 0 amide bonds. The van der Waals surface area contributed by atoms with Gasteiger partial charge in [-0.2, -0.15) is 0 Å². The lowest BCUT2D eigenvalue weighted by atomic mass is 10.2. The Balaban J connectivity index is 2.10. The van der Waals surface area contributed by atoms with Crippen molar-refractivity contribution < 1.29 is 8.42 Å². The molecule has 106 valence electrons. The molecule has 0 spiro atoms. The quantitative estimate of drug-likeness (QED) is 0.858. The highest BCUT2D eigenvalue weighted by atomic mass is 32.2. The Bertz CT molecular complexity index is 655. The first-order valence-electron chi connectivity index (χ1n) is 6.37. The molecule has 0 aliphatic rings. The van der Waals surface area contributed by atoms with Gasteiger partial charge in [0.1, 0.15) is 0 Å². The monoisotopic (exact) mass is 290 g/mol. The maximum Gasteiger partial charge on any atom is 0.236 e. The normalized spacial score (nSPS) is 11.2. The molecule has 2 N–H and O–H groups in total. The minimum atomic E-state index is -3.39. The van der Waals surface area contributed by atoms with Crippen LogP contribution in [0.3, 0.4) is 0 Å². The third-order valence-corrected chi connectivity index (χ3v) is 4.04. The van der Waals surface area contributed by atoms with Crippen molar-refractivity contribution in [2.24, 2.45) is 0 Å². The van der Waals surface area contributed by atoms with Gasteiger partial charge in [-0.3, -0.25) is 4.72 Å². The van der Waals surface area contributed by atoms with Gasteiger partial charge in [0, 0.05) is 12.2 Å². The summed E-state index contributed by atoms with van der Waals surface area (Å²) in [4.78, 5) is 0. The molecule has 0 unspecified atom stereocenters. The van der Waals surface area contributed by atoms with Crippen molar-refractivity contribution in [3.05, 3.63) is 65.7 Å². The van der Waals surface area contributed by atoms with Crippen molar-refractivity contribution >= 4 is 15.7 Å². The van der Waals surface area contributed by atoms with Crippen LogP contribution >= 0.6 is 0 Å². The Morgan fingerprint density at radius 3 is 2.35 bits per heavy atom. The molecule has 2 rings (SSSR count). The minimum absolute atomic E-state index is 0.0237. The summed E-state index contributed by atoms with van der Waals surface area (Å²) >= 11 is 0. The second-order valence-electron chi connectivity index (χ2n) is 4.58. The van der Waals surface area contributed by atoms with Gasteiger partial charge in [0.25, 0.3) is 0 Å². The van der Waals surface area contributed by atoms with E-state index in [9.17, 15) is 8.42 Å². The summed E-state index contributed by atoms with van der Waals surface area (Å²) in [5.74, 6) is -0.0237. The topological polar surface area (TPSA) is 58.2 Å². The first-order chi connectivity index (χ1) is 9.59. The predicted molar refractivity (Wildman–Crippen MR) is 81.9 cm³/mol. The van der Waals surface area contributed by atoms with Crippen LogP contribution in [0.2, 0.25) is 0 Å². The molecule has 0 aliphatic heterocycles. The van der Waals surface area contributed by atoms with Gasteiger partial charge in [-0.05, 0) is 30.3 Å². The fraction of sp³-hybridized carbons (Fsp3) is 0.200. The van der Waals surface area contributed by atoms with E-state index >= 15 is 0 Å². The molecule has 5 heteroatoms. The van der Waals surface area contributed by atoms with Crippen LogP contribution in [0.25, 0.3) is 0 Å². The molecule has 0 radical (unpaired) electrons. The molecule has 2 aromatic carbocycles. The van der Waals surface area contributed by atoms with Crippen LogP contribution in [0.5, 0.6) is 0 Å². The van der Waals surface area contributed by atoms with Gasteiger partial charge in [0.05, 0.1) is 5.75 Å². The van der Waals surface area contributed by atoms with Gasteiger partial charge >= 0.3 is 0 Å². The van der Waals surface area contributed by atoms with E-state index in [1.165, 1.54) is 0 Å². The highest BCUT2D eigenvalue weighted by Gasteiger charge is 2.11. The molecule has 4 nitrogen and oxygen atoms in total. The largest absolute Gasteiger partial charge is 0.316 e. The minimum Gasteiger partial charge on any atom is -0.316 e. The van der Waals surface area contributed by atoms with E-state index in [0.717, 1.165) is 11.1 Å². The summed E-state index contributed by atoms with van der Waals surface area (Å²) in [6, 6.07) is 16.5. The van der Waals surface area contributed by atoms with Gasteiger partial charge in [0.15, 0.2) is 0 Å². The Morgan fingerprint density at radius 1 is 0.950 bits per heavy atom. The van der Waals surface area contributed by atoms with Crippen molar-refractivity contribution in [2.75, 3.05) is 11.8 Å². The lowest BCUT2D eigenvalue weighted by Crippen LogP contribution is -2.15. The van der Waals surface area contributed by atoms with Crippen molar-refractivity contribution in [3.63, 3.8) is 0 Å². The van der Waals surface area contributed by atoms with Crippen LogP contribution in [0.1, 0.15) is 11.1 Å². The summed E-state index contributed by atoms with van der Waals surface area (Å²) in [6.45, 7) is 0.703. The SMILES string of the molecule is CNCc1cccc(NS(=O)(=O)Cc2ccccc2)c1. The van der Waals surface area contributed by atoms with Crippen LogP contribution in [0.15, 0.2) is 54.6 Å². The number of benzene rings is 2. The molecular weight excluding hydrogens is 272 g/mol. The van der Waals surface area contributed by atoms with Crippen LogP contribution in [-0.4, -0.2) is 15.5 Å². The smallest absolute Gasteiger partial charge is 0.236 e. The van der Waals surface area contributed by atoms with E-state index < -0.39 is 10.0 Å². The average molecular weight is 290 g/mol. The predicted octanol–water partition coefficient (Wildman–Crippen LogP) is 2.35. The third kappa shape index (κ3) is 4.36. The van der Waals surface area contributed by atoms with Crippen LogP contribution in [0, 0.1) is 0 Å². The number of nitrogens with one attached hydrogen (secondary N) is 2. The zero-order valence-corrected chi connectivity index (χ0v) is 12.2.